The highest BCUT2D eigenvalue weighted by molar-refractivity contribution is 6.30. The van der Waals surface area contributed by atoms with Gasteiger partial charge in [0, 0.05) is 35.0 Å². The Balaban J connectivity index is 1.40. The molecule has 0 bridgehead atoms. The summed E-state index contributed by atoms with van der Waals surface area (Å²) in [6.45, 7) is 1.93. The number of fused-ring (bicyclic) bond motifs is 3. The van der Waals surface area contributed by atoms with E-state index in [4.69, 9.17) is 0 Å². The summed E-state index contributed by atoms with van der Waals surface area (Å²) in [4.78, 5) is 43.2. The zero-order valence-corrected chi connectivity index (χ0v) is 16.9. The fourth-order valence-corrected chi connectivity index (χ4v) is 4.16. The van der Waals surface area contributed by atoms with Crippen LogP contribution < -0.4 is 5.32 Å². The summed E-state index contributed by atoms with van der Waals surface area (Å²) < 4.78 is 1.98. The molecule has 2 heterocycles. The molecular weight excluding hydrogens is 390 g/mol. The van der Waals surface area contributed by atoms with Crippen molar-refractivity contribution in [1.82, 2.24) is 9.38 Å². The molecule has 4 aromatic rings. The second-order valence-electron chi connectivity index (χ2n) is 7.55. The highest BCUT2D eigenvalue weighted by Gasteiger charge is 2.31. The first kappa shape index (κ1) is 18.9. The number of hydrogen-bond acceptors (Lipinski definition) is 4. The van der Waals surface area contributed by atoms with Gasteiger partial charge in [0.1, 0.15) is 5.65 Å². The molecular formula is C25H19N3O3. The summed E-state index contributed by atoms with van der Waals surface area (Å²) in [6.07, 6.45) is 2.66. The standard InChI is InChI=1S/C25H19N3O3/c1-15-20(28-14-5-4-11-21(28)26-15)12-13-22(29)27-19-10-6-9-18-23(19)25(31)17-8-3-2-7-16(17)24(18)30/h2-11,14H,12-13H2,1H3,(H,27,29). The molecule has 1 amide bonds. The summed E-state index contributed by atoms with van der Waals surface area (Å²) in [6, 6.07) is 17.5. The van der Waals surface area contributed by atoms with Crippen LogP contribution >= 0.6 is 0 Å². The van der Waals surface area contributed by atoms with Gasteiger partial charge in [0.25, 0.3) is 0 Å². The van der Waals surface area contributed by atoms with Gasteiger partial charge in [-0.15, -0.1) is 0 Å². The van der Waals surface area contributed by atoms with Crippen LogP contribution in [0.25, 0.3) is 5.65 Å². The van der Waals surface area contributed by atoms with Gasteiger partial charge in [0.15, 0.2) is 11.6 Å². The first-order valence-electron chi connectivity index (χ1n) is 10.1. The number of ketones is 2. The summed E-state index contributed by atoms with van der Waals surface area (Å²) >= 11 is 0. The van der Waals surface area contributed by atoms with Crippen molar-refractivity contribution in [1.29, 1.82) is 0 Å². The Bertz CT molecular complexity index is 1380. The van der Waals surface area contributed by atoms with Crippen LogP contribution in [0.15, 0.2) is 66.9 Å². The third-order valence-corrected chi connectivity index (χ3v) is 5.64. The van der Waals surface area contributed by atoms with Crippen LogP contribution in [0.5, 0.6) is 0 Å². The quantitative estimate of drug-likeness (QED) is 0.487. The molecule has 0 saturated carbocycles. The largest absolute Gasteiger partial charge is 0.325 e. The van der Waals surface area contributed by atoms with E-state index in [2.05, 4.69) is 10.3 Å². The molecule has 1 aliphatic carbocycles. The molecule has 0 aliphatic heterocycles. The highest BCUT2D eigenvalue weighted by Crippen LogP contribution is 2.32. The van der Waals surface area contributed by atoms with Crippen molar-refractivity contribution in [2.24, 2.45) is 0 Å². The molecule has 6 nitrogen and oxygen atoms in total. The Labute approximate surface area is 178 Å². The Kier molecular flexibility index (Phi) is 4.47. The van der Waals surface area contributed by atoms with Gasteiger partial charge in [-0.25, -0.2) is 4.98 Å². The molecule has 0 atom stereocenters. The number of carbonyl (C=O) groups is 3. The topological polar surface area (TPSA) is 80.5 Å². The van der Waals surface area contributed by atoms with Crippen LogP contribution in [-0.4, -0.2) is 26.9 Å². The maximum absolute atomic E-state index is 13.1. The molecule has 152 valence electrons. The van der Waals surface area contributed by atoms with Crippen LogP contribution in [0.4, 0.5) is 5.69 Å². The molecule has 0 fully saturated rings. The van der Waals surface area contributed by atoms with Gasteiger partial charge in [0.2, 0.25) is 5.91 Å². The molecule has 1 N–H and O–H groups in total. The number of imidazole rings is 1. The van der Waals surface area contributed by atoms with E-state index in [1.807, 2.05) is 35.7 Å². The summed E-state index contributed by atoms with van der Waals surface area (Å²) in [5, 5.41) is 2.84. The van der Waals surface area contributed by atoms with Crippen molar-refractivity contribution in [3.63, 3.8) is 0 Å². The van der Waals surface area contributed by atoms with Crippen molar-refractivity contribution in [3.8, 4) is 0 Å². The first-order valence-corrected chi connectivity index (χ1v) is 10.1. The Morgan fingerprint density at radius 2 is 1.61 bits per heavy atom. The van der Waals surface area contributed by atoms with Crippen LogP contribution in [0.3, 0.4) is 0 Å². The molecule has 0 radical (unpaired) electrons. The third kappa shape index (κ3) is 3.13. The molecule has 2 aromatic carbocycles. The number of pyridine rings is 1. The average Bonchev–Trinajstić information content (AvgIpc) is 3.11. The minimum absolute atomic E-state index is 0.206. The van der Waals surface area contributed by atoms with Crippen molar-refractivity contribution >= 4 is 28.8 Å². The number of benzene rings is 2. The molecule has 6 heteroatoms. The van der Waals surface area contributed by atoms with E-state index in [0.29, 0.717) is 28.8 Å². The Hall–Kier alpha value is -4.06. The number of aromatic nitrogens is 2. The Morgan fingerprint density at radius 1 is 0.903 bits per heavy atom. The predicted molar refractivity (Wildman–Crippen MR) is 117 cm³/mol. The molecule has 1 aliphatic rings. The fraction of sp³-hybridized carbons (Fsp3) is 0.120. The SMILES string of the molecule is Cc1nc2ccccn2c1CCC(=O)Nc1cccc2c1C(=O)c1ccccc1C2=O. The maximum atomic E-state index is 13.1. The lowest BCUT2D eigenvalue weighted by molar-refractivity contribution is -0.116. The van der Waals surface area contributed by atoms with Gasteiger partial charge < -0.3 is 9.72 Å². The molecule has 0 unspecified atom stereocenters. The minimum atomic E-state index is -0.251. The van der Waals surface area contributed by atoms with Crippen LogP contribution in [0.2, 0.25) is 0 Å². The monoisotopic (exact) mass is 409 g/mol. The lowest BCUT2D eigenvalue weighted by Gasteiger charge is -2.20. The second-order valence-corrected chi connectivity index (χ2v) is 7.55. The lowest BCUT2D eigenvalue weighted by atomic mass is 9.83. The number of carbonyl (C=O) groups excluding carboxylic acids is 3. The van der Waals surface area contributed by atoms with Crippen LogP contribution in [0, 0.1) is 6.92 Å². The molecule has 0 saturated heterocycles. The normalized spacial score (nSPS) is 12.5. The van der Waals surface area contributed by atoms with Gasteiger partial charge in [-0.3, -0.25) is 14.4 Å². The van der Waals surface area contributed by atoms with E-state index in [1.54, 1.807) is 42.5 Å². The van der Waals surface area contributed by atoms with Crippen molar-refractivity contribution in [2.75, 3.05) is 5.32 Å². The zero-order chi connectivity index (χ0) is 21.5. The van der Waals surface area contributed by atoms with E-state index in [0.717, 1.165) is 17.0 Å². The number of hydrogen-bond donors (Lipinski definition) is 1. The van der Waals surface area contributed by atoms with Crippen molar-refractivity contribution in [2.45, 2.75) is 19.8 Å². The number of nitrogens with zero attached hydrogens (tertiary/aromatic N) is 2. The van der Waals surface area contributed by atoms with E-state index < -0.39 is 0 Å². The van der Waals surface area contributed by atoms with Gasteiger partial charge >= 0.3 is 0 Å². The molecule has 0 spiro atoms. The second kappa shape index (κ2) is 7.32. The van der Waals surface area contributed by atoms with Crippen molar-refractivity contribution in [3.05, 3.63) is 101 Å². The Morgan fingerprint density at radius 3 is 2.42 bits per heavy atom. The van der Waals surface area contributed by atoms with E-state index in [-0.39, 0.29) is 29.5 Å². The number of amides is 1. The third-order valence-electron chi connectivity index (χ3n) is 5.64. The zero-order valence-electron chi connectivity index (χ0n) is 16.9. The van der Waals surface area contributed by atoms with Gasteiger partial charge in [0.05, 0.1) is 16.9 Å². The average molecular weight is 409 g/mol. The van der Waals surface area contributed by atoms with E-state index >= 15 is 0 Å². The number of aryl methyl sites for hydroxylation is 2. The van der Waals surface area contributed by atoms with Crippen LogP contribution in [0.1, 0.15) is 49.7 Å². The predicted octanol–water partition coefficient (Wildman–Crippen LogP) is 3.99. The number of anilines is 1. The molecule has 2 aromatic heterocycles. The fourth-order valence-electron chi connectivity index (χ4n) is 4.16. The van der Waals surface area contributed by atoms with E-state index in [9.17, 15) is 14.4 Å². The first-order chi connectivity index (χ1) is 15.0. The molecule has 31 heavy (non-hydrogen) atoms. The maximum Gasteiger partial charge on any atom is 0.224 e. The summed E-state index contributed by atoms with van der Waals surface area (Å²) in [7, 11) is 0. The van der Waals surface area contributed by atoms with Crippen LogP contribution in [-0.2, 0) is 11.2 Å². The highest BCUT2D eigenvalue weighted by atomic mass is 16.2. The van der Waals surface area contributed by atoms with Gasteiger partial charge in [-0.1, -0.05) is 42.5 Å². The minimum Gasteiger partial charge on any atom is -0.325 e. The van der Waals surface area contributed by atoms with Gasteiger partial charge in [-0.2, -0.15) is 0 Å². The van der Waals surface area contributed by atoms with Gasteiger partial charge in [-0.05, 0) is 31.5 Å². The summed E-state index contributed by atoms with van der Waals surface area (Å²) in [5.74, 6) is -0.681. The number of rotatable bonds is 4. The number of nitrogens with one attached hydrogen (secondary N) is 1. The lowest BCUT2D eigenvalue weighted by Crippen LogP contribution is -2.24. The smallest absolute Gasteiger partial charge is 0.224 e. The van der Waals surface area contributed by atoms with Crippen molar-refractivity contribution < 1.29 is 14.4 Å². The molecule has 5 rings (SSSR count). The summed E-state index contributed by atoms with van der Waals surface area (Å²) in [5.41, 5.74) is 4.40. The van der Waals surface area contributed by atoms with E-state index in [1.165, 1.54) is 0 Å².